The van der Waals surface area contributed by atoms with Crippen molar-refractivity contribution in [1.29, 1.82) is 0 Å². The van der Waals surface area contributed by atoms with Crippen LogP contribution < -0.4 is 0 Å². The van der Waals surface area contributed by atoms with Crippen molar-refractivity contribution in [2.45, 2.75) is 6.42 Å². The number of aromatic nitrogens is 3. The van der Waals surface area contributed by atoms with Crippen LogP contribution in [0, 0.1) is 0 Å². The lowest BCUT2D eigenvalue weighted by molar-refractivity contribution is 1.02. The third-order valence-corrected chi connectivity index (χ3v) is 4.87. The summed E-state index contributed by atoms with van der Waals surface area (Å²) in [4.78, 5) is 12.4. The Morgan fingerprint density at radius 3 is 2.31 bits per heavy atom. The van der Waals surface area contributed by atoms with Crippen molar-refractivity contribution in [2.24, 2.45) is 0 Å². The van der Waals surface area contributed by atoms with Gasteiger partial charge in [0.2, 0.25) is 0 Å². The molecule has 2 heterocycles. The summed E-state index contributed by atoms with van der Waals surface area (Å²) in [6.07, 6.45) is 4.27. The number of benzene rings is 2. The molecule has 0 saturated carbocycles. The van der Waals surface area contributed by atoms with Crippen molar-refractivity contribution in [3.63, 3.8) is 0 Å². The van der Waals surface area contributed by atoms with Crippen molar-refractivity contribution >= 4 is 23.2 Å². The second-order valence-corrected chi connectivity index (χ2v) is 6.75. The van der Waals surface area contributed by atoms with Crippen molar-refractivity contribution in [3.8, 4) is 22.5 Å². The first kappa shape index (κ1) is 16.8. The molecule has 4 aromatic rings. The molecule has 0 fully saturated rings. The molecule has 0 unspecified atom stereocenters. The molecule has 0 aliphatic heterocycles. The molecular weight excluding hydrogens is 365 g/mol. The lowest BCUT2D eigenvalue weighted by Crippen LogP contribution is -1.91. The molecule has 1 N–H and O–H groups in total. The van der Waals surface area contributed by atoms with Gasteiger partial charge in [-0.05, 0) is 29.8 Å². The largest absolute Gasteiger partial charge is 0.341 e. The second kappa shape index (κ2) is 7.32. The Morgan fingerprint density at radius 2 is 1.58 bits per heavy atom. The normalized spacial score (nSPS) is 10.8. The molecule has 0 amide bonds. The van der Waals surface area contributed by atoms with E-state index in [-0.39, 0.29) is 0 Å². The summed E-state index contributed by atoms with van der Waals surface area (Å²) in [7, 11) is 0. The van der Waals surface area contributed by atoms with E-state index in [0.29, 0.717) is 16.5 Å². The number of hydrogen-bond donors (Lipinski definition) is 1. The highest BCUT2D eigenvalue weighted by Gasteiger charge is 2.15. The molecule has 3 nitrogen and oxygen atoms in total. The molecular formula is C21H15Cl2N3. The average molecular weight is 380 g/mol. The van der Waals surface area contributed by atoms with E-state index in [1.54, 1.807) is 18.5 Å². The molecule has 0 aliphatic carbocycles. The van der Waals surface area contributed by atoms with Gasteiger partial charge in [-0.3, -0.25) is 4.98 Å². The Labute approximate surface area is 161 Å². The summed E-state index contributed by atoms with van der Waals surface area (Å²) >= 11 is 12.3. The monoisotopic (exact) mass is 379 g/mol. The predicted molar refractivity (Wildman–Crippen MR) is 107 cm³/mol. The standard InChI is InChI=1S/C21H15Cl2N3/c22-17-7-6-16(13-18(17)23)21-20(15-4-2-1-3-5-15)25-19(26-21)12-14-8-10-24-11-9-14/h1-11,13H,12H2,(H,25,26). The van der Waals surface area contributed by atoms with Crippen LogP contribution in [0.1, 0.15) is 11.4 Å². The third-order valence-electron chi connectivity index (χ3n) is 4.13. The summed E-state index contributed by atoms with van der Waals surface area (Å²) in [6.45, 7) is 0. The molecule has 0 bridgehead atoms. The van der Waals surface area contributed by atoms with Crippen LogP contribution in [-0.2, 0) is 6.42 Å². The third kappa shape index (κ3) is 3.50. The molecule has 2 aromatic heterocycles. The molecule has 0 spiro atoms. The molecule has 2 aromatic carbocycles. The Morgan fingerprint density at radius 1 is 0.808 bits per heavy atom. The van der Waals surface area contributed by atoms with Gasteiger partial charge in [-0.2, -0.15) is 0 Å². The predicted octanol–water partition coefficient (Wildman–Crippen LogP) is 6.04. The van der Waals surface area contributed by atoms with Crippen LogP contribution in [0.2, 0.25) is 10.0 Å². The van der Waals surface area contributed by atoms with E-state index < -0.39 is 0 Å². The fourth-order valence-corrected chi connectivity index (χ4v) is 3.16. The smallest absolute Gasteiger partial charge is 0.111 e. The number of nitrogens with one attached hydrogen (secondary N) is 1. The quantitative estimate of drug-likeness (QED) is 0.469. The maximum atomic E-state index is 6.22. The van der Waals surface area contributed by atoms with Crippen molar-refractivity contribution in [1.82, 2.24) is 15.0 Å². The highest BCUT2D eigenvalue weighted by Crippen LogP contribution is 2.34. The van der Waals surface area contributed by atoms with Gasteiger partial charge >= 0.3 is 0 Å². The first-order chi connectivity index (χ1) is 12.7. The number of imidazole rings is 1. The zero-order valence-corrected chi connectivity index (χ0v) is 15.3. The van der Waals surface area contributed by atoms with Gasteiger partial charge in [0.05, 0.1) is 21.4 Å². The molecule has 0 saturated heterocycles. The van der Waals surface area contributed by atoms with Crippen molar-refractivity contribution < 1.29 is 0 Å². The van der Waals surface area contributed by atoms with E-state index in [2.05, 4.69) is 22.1 Å². The highest BCUT2D eigenvalue weighted by molar-refractivity contribution is 6.42. The molecule has 0 radical (unpaired) electrons. The van der Waals surface area contributed by atoms with Crippen molar-refractivity contribution in [2.75, 3.05) is 0 Å². The molecule has 26 heavy (non-hydrogen) atoms. The molecule has 5 heteroatoms. The van der Waals surface area contributed by atoms with Crippen LogP contribution in [0.5, 0.6) is 0 Å². The molecule has 128 valence electrons. The SMILES string of the molecule is Clc1ccc(-c2nc(Cc3ccncc3)[nH]c2-c2ccccc2)cc1Cl. The van der Waals surface area contributed by atoms with Crippen LogP contribution >= 0.6 is 23.2 Å². The summed E-state index contributed by atoms with van der Waals surface area (Å²) in [6, 6.07) is 19.7. The minimum atomic E-state index is 0.516. The molecule has 4 rings (SSSR count). The van der Waals surface area contributed by atoms with E-state index in [1.165, 1.54) is 0 Å². The zero-order chi connectivity index (χ0) is 17.9. The summed E-state index contributed by atoms with van der Waals surface area (Å²) in [5.74, 6) is 0.885. The molecule has 0 atom stereocenters. The van der Waals surface area contributed by atoms with E-state index in [1.807, 2.05) is 42.5 Å². The maximum absolute atomic E-state index is 6.22. The first-order valence-corrected chi connectivity index (χ1v) is 8.95. The number of nitrogens with zero attached hydrogens (tertiary/aromatic N) is 2. The molecule has 0 aliphatic rings. The number of hydrogen-bond acceptors (Lipinski definition) is 2. The fraction of sp³-hybridized carbons (Fsp3) is 0.0476. The topological polar surface area (TPSA) is 41.6 Å². The Balaban J connectivity index is 1.81. The Kier molecular flexibility index (Phi) is 4.74. The Hall–Kier alpha value is -2.62. The lowest BCUT2D eigenvalue weighted by atomic mass is 10.1. The number of rotatable bonds is 4. The van der Waals surface area contributed by atoms with Gasteiger partial charge in [0, 0.05) is 29.9 Å². The van der Waals surface area contributed by atoms with Gasteiger partial charge in [-0.15, -0.1) is 0 Å². The van der Waals surface area contributed by atoms with Gasteiger partial charge < -0.3 is 4.98 Å². The number of halogens is 2. The van der Waals surface area contributed by atoms with Crippen LogP contribution in [0.15, 0.2) is 73.1 Å². The lowest BCUT2D eigenvalue weighted by Gasteiger charge is -2.04. The van der Waals surface area contributed by atoms with Crippen LogP contribution in [0.4, 0.5) is 0 Å². The van der Waals surface area contributed by atoms with Crippen LogP contribution in [0.3, 0.4) is 0 Å². The fourth-order valence-electron chi connectivity index (χ4n) is 2.87. The summed E-state index contributed by atoms with van der Waals surface area (Å²) in [5.41, 5.74) is 4.97. The Bertz CT molecular complexity index is 1030. The minimum absolute atomic E-state index is 0.516. The zero-order valence-electron chi connectivity index (χ0n) is 13.8. The van der Waals surface area contributed by atoms with Gasteiger partial charge in [0.15, 0.2) is 0 Å². The number of pyridine rings is 1. The minimum Gasteiger partial charge on any atom is -0.341 e. The van der Waals surface area contributed by atoms with E-state index >= 15 is 0 Å². The average Bonchev–Trinajstić information content (AvgIpc) is 3.09. The van der Waals surface area contributed by atoms with Crippen LogP contribution in [0.25, 0.3) is 22.5 Å². The van der Waals surface area contributed by atoms with E-state index in [0.717, 1.165) is 33.9 Å². The van der Waals surface area contributed by atoms with Crippen LogP contribution in [-0.4, -0.2) is 15.0 Å². The van der Waals surface area contributed by atoms with Gasteiger partial charge in [-0.25, -0.2) is 4.98 Å². The first-order valence-electron chi connectivity index (χ1n) is 8.19. The summed E-state index contributed by atoms with van der Waals surface area (Å²) < 4.78 is 0. The number of H-pyrrole nitrogens is 1. The maximum Gasteiger partial charge on any atom is 0.111 e. The second-order valence-electron chi connectivity index (χ2n) is 5.93. The summed E-state index contributed by atoms with van der Waals surface area (Å²) in [5, 5.41) is 1.05. The van der Waals surface area contributed by atoms with Gasteiger partial charge in [0.25, 0.3) is 0 Å². The van der Waals surface area contributed by atoms with Gasteiger partial charge in [-0.1, -0.05) is 59.6 Å². The van der Waals surface area contributed by atoms with E-state index in [4.69, 9.17) is 28.2 Å². The van der Waals surface area contributed by atoms with Gasteiger partial charge in [0.1, 0.15) is 5.82 Å². The number of aromatic amines is 1. The van der Waals surface area contributed by atoms with E-state index in [9.17, 15) is 0 Å². The van der Waals surface area contributed by atoms with Crippen molar-refractivity contribution in [3.05, 3.63) is 94.5 Å². The highest BCUT2D eigenvalue weighted by atomic mass is 35.5.